The maximum atomic E-state index is 11.6. The molecule has 0 aliphatic rings. The van der Waals surface area contributed by atoms with Crippen molar-refractivity contribution in [2.75, 3.05) is 17.8 Å². The summed E-state index contributed by atoms with van der Waals surface area (Å²) < 4.78 is 15.7. The molecule has 0 saturated carbocycles. The zero-order valence-electron chi connectivity index (χ0n) is 9.98. The lowest BCUT2D eigenvalue weighted by atomic mass is 10.2. The van der Waals surface area contributed by atoms with Crippen LogP contribution in [0.2, 0.25) is 0 Å². The Morgan fingerprint density at radius 3 is 2.59 bits per heavy atom. The fourth-order valence-electron chi connectivity index (χ4n) is 1.16. The minimum atomic E-state index is -2.26. The molecular weight excluding hydrogens is 236 g/mol. The molecule has 1 rings (SSSR count). The summed E-state index contributed by atoms with van der Waals surface area (Å²) in [5.74, 6) is 4.47. The topological polar surface area (TPSA) is 58.5 Å². The first kappa shape index (κ1) is 13.3. The second-order valence-corrected chi connectivity index (χ2v) is 6.16. The minimum Gasteiger partial charge on any atom is -0.313 e. The highest BCUT2D eigenvalue weighted by molar-refractivity contribution is 7.92. The van der Waals surface area contributed by atoms with Gasteiger partial charge in [-0.15, -0.1) is 0 Å². The predicted molar refractivity (Wildman–Crippen MR) is 70.6 cm³/mol. The molecule has 0 heterocycles. The summed E-state index contributed by atoms with van der Waals surface area (Å²) in [5, 5.41) is 2.60. The second-order valence-electron chi connectivity index (χ2n) is 3.62. The third kappa shape index (κ3) is 4.70. The van der Waals surface area contributed by atoms with Crippen LogP contribution in [0.3, 0.4) is 0 Å². The van der Waals surface area contributed by atoms with Gasteiger partial charge < -0.3 is 5.32 Å². The average Bonchev–Trinajstić information content (AvgIpc) is 2.19. The molecule has 0 radical (unpaired) electrons. The Bertz CT molecular complexity index is 594. The van der Waals surface area contributed by atoms with Crippen LogP contribution in [0.4, 0.5) is 11.4 Å². The van der Waals surface area contributed by atoms with Crippen molar-refractivity contribution in [2.45, 2.75) is 6.92 Å². The van der Waals surface area contributed by atoms with Gasteiger partial charge in [0.2, 0.25) is 0 Å². The third-order valence-electron chi connectivity index (χ3n) is 1.71. The molecule has 0 spiro atoms. The number of anilines is 1. The lowest BCUT2D eigenvalue weighted by Crippen LogP contribution is -2.08. The predicted octanol–water partition coefficient (Wildman–Crippen LogP) is 2.01. The molecule has 90 valence electrons. The highest BCUT2D eigenvalue weighted by atomic mass is 32.2. The van der Waals surface area contributed by atoms with Crippen molar-refractivity contribution in [1.82, 2.24) is 0 Å². The van der Waals surface area contributed by atoms with E-state index in [0.717, 1.165) is 0 Å². The molecule has 0 atom stereocenters. The number of nitrogens with one attached hydrogen (secondary N) is 1. The molecule has 0 unspecified atom stereocenters. The van der Waals surface area contributed by atoms with E-state index in [2.05, 4.69) is 21.5 Å². The van der Waals surface area contributed by atoms with Crippen molar-refractivity contribution < 1.29 is 9.00 Å². The Hall–Kier alpha value is -1.80. The normalized spacial score (nSPS) is 10.1. The number of carbonyl (C=O) groups is 1. The summed E-state index contributed by atoms with van der Waals surface area (Å²) in [4.78, 5) is 11.3. The summed E-state index contributed by atoms with van der Waals surface area (Å²) >= 11 is 0. The van der Waals surface area contributed by atoms with Gasteiger partial charge in [-0.3, -0.25) is 4.79 Å². The largest absolute Gasteiger partial charge is 0.313 e. The summed E-state index contributed by atoms with van der Waals surface area (Å²) in [6.07, 6.45) is 3.08. The molecule has 1 aromatic rings. The fourth-order valence-corrected chi connectivity index (χ4v) is 1.80. The zero-order chi connectivity index (χ0) is 12.9. The Balaban J connectivity index is 3.12. The zero-order valence-corrected chi connectivity index (χ0v) is 10.8. The van der Waals surface area contributed by atoms with Crippen LogP contribution in [0.1, 0.15) is 6.92 Å². The van der Waals surface area contributed by atoms with Gasteiger partial charge in [-0.1, -0.05) is 18.1 Å². The molecule has 17 heavy (non-hydrogen) atoms. The van der Waals surface area contributed by atoms with Crippen molar-refractivity contribution >= 4 is 27.0 Å². The quantitative estimate of drug-likeness (QED) is 0.816. The van der Waals surface area contributed by atoms with Crippen molar-refractivity contribution in [1.29, 1.82) is 0 Å². The molecule has 0 aromatic heterocycles. The number of para-hydroxylation sites is 1. The molecular formula is C12H14N2O2S. The number of hydrogen-bond donors (Lipinski definition) is 1. The van der Waals surface area contributed by atoms with Gasteiger partial charge in [0.1, 0.15) is 0 Å². The van der Waals surface area contributed by atoms with Gasteiger partial charge in [0.15, 0.2) is 0 Å². The first-order chi connectivity index (χ1) is 7.92. The smallest absolute Gasteiger partial charge is 0.300 e. The van der Waals surface area contributed by atoms with Gasteiger partial charge in [-0.05, 0) is 25.0 Å². The van der Waals surface area contributed by atoms with E-state index in [1.165, 1.54) is 12.5 Å². The van der Waals surface area contributed by atoms with E-state index in [1.807, 2.05) is 0 Å². The Morgan fingerprint density at radius 2 is 2.00 bits per heavy atom. The van der Waals surface area contributed by atoms with E-state index >= 15 is 0 Å². The highest BCUT2D eigenvalue weighted by Crippen LogP contribution is 2.25. The Morgan fingerprint density at radius 1 is 1.35 bits per heavy atom. The van der Waals surface area contributed by atoms with Crippen molar-refractivity contribution in [2.24, 2.45) is 4.36 Å². The molecule has 1 amide bonds. The molecule has 1 aromatic carbocycles. The summed E-state index contributed by atoms with van der Waals surface area (Å²) in [6.45, 7) is 1.58. The van der Waals surface area contributed by atoms with Crippen LogP contribution < -0.4 is 5.32 Å². The van der Waals surface area contributed by atoms with Crippen LogP contribution in [0.15, 0.2) is 28.6 Å². The van der Waals surface area contributed by atoms with Crippen LogP contribution in [-0.2, 0) is 14.5 Å². The molecule has 1 N–H and O–H groups in total. The highest BCUT2D eigenvalue weighted by Gasteiger charge is 2.04. The number of benzene rings is 1. The number of nitrogens with zero attached hydrogens (tertiary/aromatic N) is 1. The van der Waals surface area contributed by atoms with Crippen LogP contribution >= 0.6 is 0 Å². The van der Waals surface area contributed by atoms with E-state index in [9.17, 15) is 9.00 Å². The summed E-state index contributed by atoms with van der Waals surface area (Å²) in [5.41, 5.74) is 1.01. The van der Waals surface area contributed by atoms with Gasteiger partial charge in [0.25, 0.3) is 5.91 Å². The van der Waals surface area contributed by atoms with Crippen LogP contribution in [0, 0.1) is 11.8 Å². The minimum absolute atomic E-state index is 0.408. The van der Waals surface area contributed by atoms with Gasteiger partial charge in [-0.25, -0.2) is 4.21 Å². The second kappa shape index (κ2) is 5.51. The van der Waals surface area contributed by atoms with Gasteiger partial charge >= 0.3 is 0 Å². The van der Waals surface area contributed by atoms with Crippen molar-refractivity contribution in [3.8, 4) is 11.8 Å². The van der Waals surface area contributed by atoms with Gasteiger partial charge in [0.05, 0.1) is 11.4 Å². The molecule has 5 heteroatoms. The molecule has 0 aliphatic heterocycles. The number of carbonyl (C=O) groups excluding carboxylic acids is 1. The van der Waals surface area contributed by atoms with E-state index in [0.29, 0.717) is 11.4 Å². The van der Waals surface area contributed by atoms with E-state index in [4.69, 9.17) is 0 Å². The SMILES string of the molecule is CC#CC(=O)Nc1ccccc1N=S(C)(C)=O. The Labute approximate surface area is 102 Å². The fraction of sp³-hybridized carbons (Fsp3) is 0.250. The number of amides is 1. The van der Waals surface area contributed by atoms with Crippen LogP contribution in [-0.4, -0.2) is 22.6 Å². The summed E-state index contributed by atoms with van der Waals surface area (Å²) in [6, 6.07) is 6.92. The molecule has 0 saturated heterocycles. The van der Waals surface area contributed by atoms with Crippen molar-refractivity contribution in [3.05, 3.63) is 24.3 Å². The first-order valence-corrected chi connectivity index (χ1v) is 7.25. The Kier molecular flexibility index (Phi) is 4.30. The van der Waals surface area contributed by atoms with E-state index in [-0.39, 0.29) is 0 Å². The first-order valence-electron chi connectivity index (χ1n) is 4.92. The third-order valence-corrected chi connectivity index (χ3v) is 2.35. The standard InChI is InChI=1S/C12H14N2O2S/c1-4-7-12(15)13-10-8-5-6-9-11(10)14-17(2,3)16/h5-6,8-9H,1-3H3,(H,13,15). The maximum absolute atomic E-state index is 11.6. The van der Waals surface area contributed by atoms with Crippen LogP contribution in [0.5, 0.6) is 0 Å². The summed E-state index contributed by atoms with van der Waals surface area (Å²) in [7, 11) is -2.26. The molecule has 0 aliphatic carbocycles. The van der Waals surface area contributed by atoms with Gasteiger partial charge in [0, 0.05) is 22.2 Å². The van der Waals surface area contributed by atoms with E-state index in [1.54, 1.807) is 31.2 Å². The number of hydrogen-bond acceptors (Lipinski definition) is 3. The average molecular weight is 250 g/mol. The molecule has 0 fully saturated rings. The van der Waals surface area contributed by atoms with Crippen molar-refractivity contribution in [3.63, 3.8) is 0 Å². The van der Waals surface area contributed by atoms with Gasteiger partial charge in [-0.2, -0.15) is 4.36 Å². The molecule has 0 bridgehead atoms. The lowest BCUT2D eigenvalue weighted by Gasteiger charge is -2.05. The monoisotopic (exact) mass is 250 g/mol. The lowest BCUT2D eigenvalue weighted by molar-refractivity contribution is -0.111. The van der Waals surface area contributed by atoms with E-state index < -0.39 is 15.6 Å². The molecule has 4 nitrogen and oxygen atoms in total. The maximum Gasteiger partial charge on any atom is 0.300 e. The van der Waals surface area contributed by atoms with Crippen LogP contribution in [0.25, 0.3) is 0 Å². The number of rotatable bonds is 2.